The number of hydrogen-bond donors (Lipinski definition) is 0. The molecule has 0 radical (unpaired) electrons. The minimum atomic E-state index is 0. The van der Waals surface area contributed by atoms with E-state index in [-0.39, 0.29) is 159 Å². The molecule has 0 atom stereocenters. The van der Waals surface area contributed by atoms with Crippen molar-refractivity contribution in [2.75, 3.05) is 0 Å². The van der Waals surface area contributed by atoms with Gasteiger partial charge in [-0.25, -0.2) is 0 Å². The Morgan fingerprint density at radius 3 is 0.455 bits per heavy atom. The smallest absolute Gasteiger partial charge is 1.00 e. The van der Waals surface area contributed by atoms with Crippen LogP contribution in [0.1, 0.15) is 4.28 Å². The van der Waals surface area contributed by atoms with E-state index in [2.05, 4.69) is 0 Å². The summed E-state index contributed by atoms with van der Waals surface area (Å²) in [5, 5.41) is 0. The Morgan fingerprint density at radius 1 is 0.455 bits per heavy atom. The first-order valence-electron chi connectivity index (χ1n) is 0. The summed E-state index contributed by atoms with van der Waals surface area (Å²) in [5.41, 5.74) is 0. The third-order valence-electron chi connectivity index (χ3n) is 0. The molecule has 0 amide bonds. The van der Waals surface area contributed by atoms with Gasteiger partial charge in [0.05, 0.1) is 0 Å². The summed E-state index contributed by atoms with van der Waals surface area (Å²) in [4.78, 5) is 0. The first-order valence-corrected chi connectivity index (χ1v) is 0. The van der Waals surface area contributed by atoms with Crippen molar-refractivity contribution < 1.29 is 113 Å². The largest absolute Gasteiger partial charge is 2.00 e. The van der Waals surface area contributed by atoms with Crippen molar-refractivity contribution in [1.82, 2.24) is 0 Å². The Hall–Kier alpha value is 3.51. The maximum Gasteiger partial charge on any atom is 2.00 e. The van der Waals surface area contributed by atoms with E-state index in [1.807, 2.05) is 0 Å². The normalized spacial score (nSPS) is 0. The van der Waals surface area contributed by atoms with E-state index in [9.17, 15) is 0 Å². The van der Waals surface area contributed by atoms with Gasteiger partial charge in [0, 0.05) is 0 Å². The summed E-state index contributed by atoms with van der Waals surface area (Å²) >= 11 is 0. The minimum absolute atomic E-state index is 0. The Bertz CT molecular complexity index is 29.0. The quantitative estimate of drug-likeness (QED) is 0.378. The zero-order valence-corrected chi connectivity index (χ0v) is 13.6. The van der Waals surface area contributed by atoms with E-state index in [1.165, 1.54) is 0 Å². The molecule has 70 valence electrons. The van der Waals surface area contributed by atoms with Gasteiger partial charge in [-0.1, -0.05) is 0 Å². The van der Waals surface area contributed by atoms with Crippen LogP contribution in [-0.2, 0) is 0 Å². The molecule has 0 fully saturated rings. The molecule has 6 nitrogen and oxygen atoms in total. The van der Waals surface area contributed by atoms with E-state index in [0.717, 1.165) is 0 Å². The summed E-state index contributed by atoms with van der Waals surface area (Å²) in [6.07, 6.45) is 0. The summed E-state index contributed by atoms with van der Waals surface area (Å²) in [7, 11) is 0. The molecule has 0 saturated heterocycles. The maximum atomic E-state index is 0. The molecule has 0 aromatic heterocycles. The standard InChI is InChI=1S/2ClH.K.2Mg.6H2O.3H/h2*1H;;;;6*1H2;;;/q;;+1;2*+2;;;;;;;3*-1/p-2. The van der Waals surface area contributed by atoms with Crippen LogP contribution in [0.25, 0.3) is 0 Å². The zero-order valence-electron chi connectivity index (χ0n) is 9.17. The predicted octanol–water partition coefficient (Wildman–Crippen LogP) is -14.4. The third-order valence-corrected chi connectivity index (χ3v) is 0. The van der Waals surface area contributed by atoms with E-state index in [1.54, 1.807) is 0 Å². The minimum Gasteiger partial charge on any atom is -1.00 e. The molecular formula is H15Cl2KMg2O6. The van der Waals surface area contributed by atoms with Gasteiger partial charge < -0.3 is 62.0 Å². The number of hydrogen-bond acceptors (Lipinski definition) is 0. The Kier molecular flexibility index (Phi) is 3360. The van der Waals surface area contributed by atoms with Crippen molar-refractivity contribution in [2.45, 2.75) is 0 Å². The van der Waals surface area contributed by atoms with Gasteiger partial charge in [0.1, 0.15) is 0 Å². The van der Waals surface area contributed by atoms with Crippen LogP contribution >= 0.6 is 0 Å². The Morgan fingerprint density at radius 2 is 0.455 bits per heavy atom. The molecule has 0 aromatic rings. The zero-order chi connectivity index (χ0) is 0. The van der Waals surface area contributed by atoms with Crippen molar-refractivity contribution in [3.63, 3.8) is 0 Å². The average Bonchev–Trinajstić information content (AvgIpc) is 0. The fraction of sp³-hybridized carbons (Fsp3) is 0. The van der Waals surface area contributed by atoms with E-state index in [4.69, 9.17) is 0 Å². The molecule has 0 rings (SSSR count). The molecule has 11 heavy (non-hydrogen) atoms. The van der Waals surface area contributed by atoms with E-state index >= 15 is 0 Å². The molecule has 0 saturated carbocycles. The molecule has 0 bridgehead atoms. The van der Waals surface area contributed by atoms with Crippen molar-refractivity contribution in [3.05, 3.63) is 0 Å². The molecule has 0 aromatic carbocycles. The first-order chi connectivity index (χ1) is 0. The molecule has 0 heterocycles. The Balaban J connectivity index is 0. The van der Waals surface area contributed by atoms with Crippen molar-refractivity contribution in [1.29, 1.82) is 0 Å². The SMILES string of the molecule is O.O.O.O.O.O.[Cl-].[Cl-].[H-].[H-].[H-].[K+].[Mg+2].[Mg+2]. The van der Waals surface area contributed by atoms with Gasteiger partial charge in [0.15, 0.2) is 0 Å². The second kappa shape index (κ2) is 172. The van der Waals surface area contributed by atoms with Crippen LogP contribution in [0.4, 0.5) is 0 Å². The molecule has 0 aliphatic rings. The molecule has 12 N–H and O–H groups in total. The predicted molar refractivity (Wildman–Crippen MR) is 36.5 cm³/mol. The molecule has 0 unspecified atom stereocenters. The third kappa shape index (κ3) is 145. The van der Waals surface area contributed by atoms with Crippen LogP contribution < -0.4 is 76.2 Å². The van der Waals surface area contributed by atoms with Crippen LogP contribution in [0.5, 0.6) is 0 Å². The van der Waals surface area contributed by atoms with Crippen molar-refractivity contribution in [3.8, 4) is 0 Å². The maximum absolute atomic E-state index is 0. The van der Waals surface area contributed by atoms with Crippen LogP contribution in [0.15, 0.2) is 0 Å². The summed E-state index contributed by atoms with van der Waals surface area (Å²) in [5.74, 6) is 0. The van der Waals surface area contributed by atoms with Gasteiger partial charge >= 0.3 is 97.5 Å². The average molecular weight is 270 g/mol. The second-order valence-corrected chi connectivity index (χ2v) is 0. The van der Waals surface area contributed by atoms with Crippen molar-refractivity contribution >= 4 is 46.1 Å². The van der Waals surface area contributed by atoms with Crippen LogP contribution in [0.3, 0.4) is 0 Å². The fourth-order valence-corrected chi connectivity index (χ4v) is 0. The van der Waals surface area contributed by atoms with Gasteiger partial charge in [-0.05, 0) is 0 Å². The molecule has 11 heteroatoms. The van der Waals surface area contributed by atoms with Crippen LogP contribution in [0.2, 0.25) is 0 Å². The van der Waals surface area contributed by atoms with Gasteiger partial charge in [0.2, 0.25) is 0 Å². The fourth-order valence-electron chi connectivity index (χ4n) is 0. The van der Waals surface area contributed by atoms with Gasteiger partial charge in [-0.2, -0.15) is 0 Å². The summed E-state index contributed by atoms with van der Waals surface area (Å²) in [6, 6.07) is 0. The van der Waals surface area contributed by atoms with Gasteiger partial charge in [0.25, 0.3) is 0 Å². The number of rotatable bonds is 0. The first kappa shape index (κ1) is 215. The molecule has 0 spiro atoms. The molecule has 0 aliphatic carbocycles. The summed E-state index contributed by atoms with van der Waals surface area (Å²) < 4.78 is 0. The van der Waals surface area contributed by atoms with E-state index < -0.39 is 0 Å². The Labute approximate surface area is 156 Å². The van der Waals surface area contributed by atoms with Crippen molar-refractivity contribution in [2.24, 2.45) is 0 Å². The van der Waals surface area contributed by atoms with Gasteiger partial charge in [-0.15, -0.1) is 0 Å². The topological polar surface area (TPSA) is 189 Å². The van der Waals surface area contributed by atoms with Crippen LogP contribution in [0, 0.1) is 0 Å². The van der Waals surface area contributed by atoms with Gasteiger partial charge in [-0.3, -0.25) is 0 Å². The molecule has 0 aliphatic heterocycles. The van der Waals surface area contributed by atoms with Crippen LogP contribution in [-0.4, -0.2) is 79.0 Å². The monoisotopic (exact) mass is 268 g/mol. The molecular weight excluding hydrogens is 255 g/mol. The second-order valence-electron chi connectivity index (χ2n) is 0. The summed E-state index contributed by atoms with van der Waals surface area (Å²) in [6.45, 7) is 0. The number of halogens is 2. The van der Waals surface area contributed by atoms with E-state index in [0.29, 0.717) is 0 Å².